The molecule has 9 heteroatoms. The number of sulfone groups is 1. The van der Waals surface area contributed by atoms with Gasteiger partial charge in [0.15, 0.2) is 9.84 Å². The molecule has 2 heterocycles. The van der Waals surface area contributed by atoms with Crippen LogP contribution in [-0.4, -0.2) is 35.4 Å². The first-order chi connectivity index (χ1) is 8.71. The Balaban J connectivity index is 2.33. The van der Waals surface area contributed by atoms with Gasteiger partial charge in [-0.3, -0.25) is 10.1 Å². The highest BCUT2D eigenvalue weighted by Crippen LogP contribution is 2.31. The summed E-state index contributed by atoms with van der Waals surface area (Å²) in [4.78, 5) is 14.2. The van der Waals surface area contributed by atoms with Gasteiger partial charge in [-0.25, -0.2) is 13.4 Å². The van der Waals surface area contributed by atoms with Crippen LogP contribution in [0.15, 0.2) is 12.1 Å². The number of rotatable bonds is 3. The molecule has 1 aromatic rings. The Morgan fingerprint density at radius 3 is 2.74 bits per heavy atom. The third-order valence-corrected chi connectivity index (χ3v) is 5.07. The molecule has 0 spiro atoms. The van der Waals surface area contributed by atoms with Gasteiger partial charge in [-0.15, -0.1) is 0 Å². The largest absolute Gasteiger partial charge is 0.358 e. The Hall–Kier alpha value is -1.41. The van der Waals surface area contributed by atoms with Crippen molar-refractivity contribution in [2.24, 2.45) is 0 Å². The summed E-state index contributed by atoms with van der Waals surface area (Å²) >= 11 is 5.72. The summed E-state index contributed by atoms with van der Waals surface area (Å²) in [5.74, 6) is -0.0203. The number of nitro groups is 1. The molecule has 1 aliphatic heterocycles. The van der Waals surface area contributed by atoms with Crippen molar-refractivity contribution >= 4 is 32.9 Å². The van der Waals surface area contributed by atoms with Crippen LogP contribution >= 0.6 is 11.6 Å². The number of hydrogen-bond donors (Lipinski definition) is 1. The predicted octanol–water partition coefficient (Wildman–Crippen LogP) is 1.63. The maximum Gasteiger partial charge on any atom is 0.311 e. The molecule has 0 aromatic carbocycles. The molecule has 2 rings (SSSR count). The zero-order valence-corrected chi connectivity index (χ0v) is 11.7. The molecule has 0 aliphatic carbocycles. The number of nitrogens with zero attached hydrogens (tertiary/aromatic N) is 2. The average Bonchev–Trinajstić information content (AvgIpc) is 2.52. The molecule has 1 aromatic heterocycles. The van der Waals surface area contributed by atoms with Crippen molar-refractivity contribution in [2.75, 3.05) is 16.8 Å². The van der Waals surface area contributed by atoms with Crippen molar-refractivity contribution in [1.82, 2.24) is 4.98 Å². The van der Waals surface area contributed by atoms with Crippen molar-refractivity contribution in [3.63, 3.8) is 0 Å². The third-order valence-electron chi connectivity index (χ3n) is 2.96. The van der Waals surface area contributed by atoms with Gasteiger partial charge in [0.1, 0.15) is 5.15 Å². The van der Waals surface area contributed by atoms with E-state index in [4.69, 9.17) is 11.6 Å². The zero-order chi connectivity index (χ0) is 14.3. The van der Waals surface area contributed by atoms with Gasteiger partial charge in [-0.1, -0.05) is 11.6 Å². The first-order valence-electron chi connectivity index (χ1n) is 5.50. The summed E-state index contributed by atoms with van der Waals surface area (Å²) < 4.78 is 23.0. The van der Waals surface area contributed by atoms with E-state index in [2.05, 4.69) is 10.3 Å². The molecule has 0 saturated carbocycles. The lowest BCUT2D eigenvalue weighted by atomic mass is 10.0. The topological polar surface area (TPSA) is 102 Å². The molecule has 0 amide bonds. The van der Waals surface area contributed by atoms with E-state index in [1.807, 2.05) is 0 Å². The van der Waals surface area contributed by atoms with Crippen LogP contribution in [0, 0.1) is 10.1 Å². The van der Waals surface area contributed by atoms with Crippen LogP contribution in [0.25, 0.3) is 0 Å². The Kier molecular flexibility index (Phi) is 3.40. The van der Waals surface area contributed by atoms with Gasteiger partial charge in [-0.2, -0.15) is 0 Å². The van der Waals surface area contributed by atoms with Crippen LogP contribution in [0.4, 0.5) is 11.5 Å². The fourth-order valence-corrected chi connectivity index (χ4v) is 4.30. The third kappa shape index (κ3) is 3.13. The average molecular weight is 306 g/mol. The van der Waals surface area contributed by atoms with Crippen molar-refractivity contribution in [1.29, 1.82) is 0 Å². The molecule has 104 valence electrons. The van der Waals surface area contributed by atoms with Gasteiger partial charge >= 0.3 is 5.69 Å². The normalized spacial score (nSPS) is 25.2. The quantitative estimate of drug-likeness (QED) is 0.517. The molecule has 1 aliphatic rings. The summed E-state index contributed by atoms with van der Waals surface area (Å²) in [7, 11) is -3.11. The van der Waals surface area contributed by atoms with Crippen molar-refractivity contribution in [3.05, 3.63) is 27.4 Å². The minimum atomic E-state index is -3.11. The van der Waals surface area contributed by atoms with E-state index in [1.165, 1.54) is 12.1 Å². The van der Waals surface area contributed by atoms with Crippen molar-refractivity contribution < 1.29 is 13.3 Å². The first-order valence-corrected chi connectivity index (χ1v) is 7.70. The van der Waals surface area contributed by atoms with Gasteiger partial charge in [0.05, 0.1) is 22.0 Å². The van der Waals surface area contributed by atoms with Crippen LogP contribution in [0.3, 0.4) is 0 Å². The van der Waals surface area contributed by atoms with Crippen molar-refractivity contribution in [3.8, 4) is 0 Å². The summed E-state index contributed by atoms with van der Waals surface area (Å²) in [6.07, 6.45) is 0.376. The van der Waals surface area contributed by atoms with Crippen LogP contribution in [-0.2, 0) is 9.84 Å². The molecule has 1 saturated heterocycles. The SMILES string of the molecule is CC1(Nc2nc(Cl)ccc2[N+](=O)[O-])CCS(=O)(=O)C1. The molecule has 1 atom stereocenters. The smallest absolute Gasteiger partial charge is 0.311 e. The van der Waals surface area contributed by atoms with E-state index in [1.54, 1.807) is 6.92 Å². The monoisotopic (exact) mass is 305 g/mol. The first kappa shape index (κ1) is 14.0. The Morgan fingerprint density at radius 1 is 1.53 bits per heavy atom. The van der Waals surface area contributed by atoms with Crippen LogP contribution in [0.5, 0.6) is 0 Å². The highest BCUT2D eigenvalue weighted by atomic mass is 35.5. The van der Waals surface area contributed by atoms with Gasteiger partial charge in [0, 0.05) is 6.07 Å². The van der Waals surface area contributed by atoms with Gasteiger partial charge in [0.2, 0.25) is 5.82 Å². The summed E-state index contributed by atoms with van der Waals surface area (Å²) in [6.45, 7) is 1.70. The second-order valence-corrected chi connectivity index (χ2v) is 7.36. The molecule has 0 radical (unpaired) electrons. The van der Waals surface area contributed by atoms with Gasteiger partial charge in [0.25, 0.3) is 0 Å². The lowest BCUT2D eigenvalue weighted by molar-refractivity contribution is -0.384. The van der Waals surface area contributed by atoms with Crippen LogP contribution in [0.2, 0.25) is 5.15 Å². The molecule has 1 fully saturated rings. The second kappa shape index (κ2) is 4.61. The molecule has 1 N–H and O–H groups in total. The van der Waals surface area contributed by atoms with Gasteiger partial charge < -0.3 is 5.32 Å². The molecule has 7 nitrogen and oxygen atoms in total. The minimum Gasteiger partial charge on any atom is -0.358 e. The zero-order valence-electron chi connectivity index (χ0n) is 10.1. The number of aromatic nitrogens is 1. The van der Waals surface area contributed by atoms with E-state index in [-0.39, 0.29) is 28.2 Å². The molecular formula is C10H12ClN3O4S. The summed E-state index contributed by atoms with van der Waals surface area (Å²) in [6, 6.07) is 2.56. The van der Waals surface area contributed by atoms with Gasteiger partial charge in [-0.05, 0) is 19.4 Å². The molecule has 1 unspecified atom stereocenters. The van der Waals surface area contributed by atoms with E-state index < -0.39 is 20.3 Å². The second-order valence-electron chi connectivity index (χ2n) is 4.79. The number of pyridine rings is 1. The number of halogens is 1. The maximum atomic E-state index is 11.5. The fourth-order valence-electron chi connectivity index (χ4n) is 2.06. The molecular weight excluding hydrogens is 294 g/mol. The van der Waals surface area contributed by atoms with Crippen LogP contribution < -0.4 is 5.32 Å². The van der Waals surface area contributed by atoms with Crippen molar-refractivity contribution in [2.45, 2.75) is 18.9 Å². The lowest BCUT2D eigenvalue weighted by Crippen LogP contribution is -2.36. The highest BCUT2D eigenvalue weighted by molar-refractivity contribution is 7.91. The van der Waals surface area contributed by atoms with E-state index >= 15 is 0 Å². The number of nitrogens with one attached hydrogen (secondary N) is 1. The van der Waals surface area contributed by atoms with Crippen LogP contribution in [0.1, 0.15) is 13.3 Å². The predicted molar refractivity (Wildman–Crippen MR) is 71.2 cm³/mol. The van der Waals surface area contributed by atoms with E-state index in [0.717, 1.165) is 0 Å². The molecule has 0 bridgehead atoms. The number of anilines is 1. The molecule has 19 heavy (non-hydrogen) atoms. The minimum absolute atomic E-state index is 0.00269. The fraction of sp³-hybridized carbons (Fsp3) is 0.500. The Bertz CT molecular complexity index is 634. The Labute approximate surface area is 115 Å². The summed E-state index contributed by atoms with van der Waals surface area (Å²) in [5.41, 5.74) is -0.990. The standard InChI is InChI=1S/C10H12ClN3O4S/c1-10(4-5-19(17,18)6-10)13-9-7(14(15)16)2-3-8(11)12-9/h2-3H,4-6H2,1H3,(H,12,13). The highest BCUT2D eigenvalue weighted by Gasteiger charge is 2.39. The lowest BCUT2D eigenvalue weighted by Gasteiger charge is -2.24. The maximum absolute atomic E-state index is 11.5. The number of hydrogen-bond acceptors (Lipinski definition) is 6. The Morgan fingerprint density at radius 2 is 2.21 bits per heavy atom. The van der Waals surface area contributed by atoms with E-state index in [9.17, 15) is 18.5 Å². The van der Waals surface area contributed by atoms with E-state index in [0.29, 0.717) is 6.42 Å². The summed E-state index contributed by atoms with van der Waals surface area (Å²) in [5, 5.41) is 13.9.